The van der Waals surface area contributed by atoms with Crippen LogP contribution in [0.1, 0.15) is 50.6 Å². The largest absolute Gasteiger partial charge is 0.377 e. The van der Waals surface area contributed by atoms with Crippen LogP contribution in [-0.2, 0) is 6.54 Å². The summed E-state index contributed by atoms with van der Waals surface area (Å²) < 4.78 is 0. The maximum Gasteiger partial charge on any atom is 0.253 e. The van der Waals surface area contributed by atoms with E-state index >= 15 is 0 Å². The number of pyridine rings is 1. The highest BCUT2D eigenvalue weighted by Gasteiger charge is 2.23. The van der Waals surface area contributed by atoms with E-state index in [1.54, 1.807) is 6.20 Å². The van der Waals surface area contributed by atoms with Gasteiger partial charge in [-0.25, -0.2) is 0 Å². The SMILES string of the molecule is O=c1c(NCc2ccccn2)c(NC2CCCCCCC2)c1=O. The van der Waals surface area contributed by atoms with Crippen molar-refractivity contribution in [2.75, 3.05) is 10.6 Å². The molecule has 1 heterocycles. The van der Waals surface area contributed by atoms with Crippen LogP contribution in [0.3, 0.4) is 0 Å². The van der Waals surface area contributed by atoms with E-state index in [9.17, 15) is 9.59 Å². The van der Waals surface area contributed by atoms with Crippen LogP contribution in [0, 0.1) is 0 Å². The van der Waals surface area contributed by atoms with Gasteiger partial charge in [-0.3, -0.25) is 14.6 Å². The molecule has 0 unspecified atom stereocenters. The van der Waals surface area contributed by atoms with Crippen LogP contribution in [0.2, 0.25) is 0 Å². The Hall–Kier alpha value is -2.17. The van der Waals surface area contributed by atoms with Gasteiger partial charge in [0.2, 0.25) is 0 Å². The third-order valence-electron chi connectivity index (χ3n) is 4.54. The molecular formula is C18H23N3O2. The molecule has 1 saturated carbocycles. The van der Waals surface area contributed by atoms with Crippen LogP contribution in [0.5, 0.6) is 0 Å². The molecule has 5 nitrogen and oxygen atoms in total. The Morgan fingerprint density at radius 1 is 0.957 bits per heavy atom. The Morgan fingerprint density at radius 3 is 2.35 bits per heavy atom. The zero-order valence-corrected chi connectivity index (χ0v) is 13.3. The molecular weight excluding hydrogens is 290 g/mol. The van der Waals surface area contributed by atoms with Crippen LogP contribution < -0.4 is 21.5 Å². The first-order valence-corrected chi connectivity index (χ1v) is 8.49. The highest BCUT2D eigenvalue weighted by molar-refractivity contribution is 5.74. The van der Waals surface area contributed by atoms with Crippen LogP contribution in [0.15, 0.2) is 34.0 Å². The van der Waals surface area contributed by atoms with Gasteiger partial charge in [0.05, 0.1) is 12.2 Å². The average molecular weight is 313 g/mol. The summed E-state index contributed by atoms with van der Waals surface area (Å²) in [5.74, 6) is 0. The minimum absolute atomic E-state index is 0.300. The van der Waals surface area contributed by atoms with Gasteiger partial charge < -0.3 is 10.6 Å². The Labute approximate surface area is 135 Å². The predicted molar refractivity (Wildman–Crippen MR) is 92.6 cm³/mol. The van der Waals surface area contributed by atoms with Crippen molar-refractivity contribution < 1.29 is 0 Å². The van der Waals surface area contributed by atoms with E-state index in [0.29, 0.717) is 24.0 Å². The number of hydrogen-bond donors (Lipinski definition) is 2. The molecule has 23 heavy (non-hydrogen) atoms. The van der Waals surface area contributed by atoms with E-state index in [1.165, 1.54) is 32.1 Å². The number of nitrogens with zero attached hydrogens (tertiary/aromatic N) is 1. The fourth-order valence-corrected chi connectivity index (χ4v) is 3.18. The van der Waals surface area contributed by atoms with E-state index in [1.807, 2.05) is 18.2 Å². The Kier molecular flexibility index (Phi) is 5.05. The van der Waals surface area contributed by atoms with Crippen molar-refractivity contribution in [1.29, 1.82) is 0 Å². The van der Waals surface area contributed by atoms with Crippen molar-refractivity contribution in [1.82, 2.24) is 4.98 Å². The van der Waals surface area contributed by atoms with E-state index in [-0.39, 0.29) is 0 Å². The van der Waals surface area contributed by atoms with E-state index in [0.717, 1.165) is 18.5 Å². The lowest BCUT2D eigenvalue weighted by molar-refractivity contribution is 0.471. The van der Waals surface area contributed by atoms with Gasteiger partial charge in [-0.1, -0.05) is 38.2 Å². The van der Waals surface area contributed by atoms with E-state index in [2.05, 4.69) is 15.6 Å². The molecule has 0 saturated heterocycles. The monoisotopic (exact) mass is 313 g/mol. The zero-order valence-electron chi connectivity index (χ0n) is 13.3. The minimum atomic E-state index is -0.422. The summed E-state index contributed by atoms with van der Waals surface area (Å²) in [7, 11) is 0. The van der Waals surface area contributed by atoms with Crippen molar-refractivity contribution in [2.45, 2.75) is 57.5 Å². The van der Waals surface area contributed by atoms with Crippen LogP contribution >= 0.6 is 0 Å². The minimum Gasteiger partial charge on any atom is -0.377 e. The maximum absolute atomic E-state index is 11.9. The predicted octanol–water partition coefficient (Wildman–Crippen LogP) is 2.81. The molecule has 0 atom stereocenters. The fourth-order valence-electron chi connectivity index (χ4n) is 3.18. The second-order valence-corrected chi connectivity index (χ2v) is 6.27. The summed E-state index contributed by atoms with van der Waals surface area (Å²) in [6.07, 6.45) is 10.0. The summed E-state index contributed by atoms with van der Waals surface area (Å²) in [6, 6.07) is 5.94. The molecule has 1 fully saturated rings. The smallest absolute Gasteiger partial charge is 0.253 e. The third kappa shape index (κ3) is 3.78. The zero-order chi connectivity index (χ0) is 16.1. The van der Waals surface area contributed by atoms with E-state index < -0.39 is 10.9 Å². The summed E-state index contributed by atoms with van der Waals surface area (Å²) in [5, 5.41) is 6.38. The first-order valence-electron chi connectivity index (χ1n) is 8.49. The van der Waals surface area contributed by atoms with Crippen molar-refractivity contribution in [3.05, 3.63) is 50.5 Å². The molecule has 1 aromatic carbocycles. The summed E-state index contributed by atoms with van der Waals surface area (Å²) >= 11 is 0. The molecule has 0 spiro atoms. The lowest BCUT2D eigenvalue weighted by Gasteiger charge is -2.24. The van der Waals surface area contributed by atoms with Crippen LogP contribution in [0.4, 0.5) is 11.4 Å². The molecule has 1 aliphatic carbocycles. The topological polar surface area (TPSA) is 71.1 Å². The van der Waals surface area contributed by atoms with Gasteiger partial charge in [0.1, 0.15) is 11.4 Å². The molecule has 0 amide bonds. The molecule has 1 aromatic heterocycles. The van der Waals surface area contributed by atoms with Crippen LogP contribution in [0.25, 0.3) is 0 Å². The number of hydrogen-bond acceptors (Lipinski definition) is 5. The van der Waals surface area contributed by atoms with Gasteiger partial charge >= 0.3 is 0 Å². The molecule has 1 aliphatic rings. The summed E-state index contributed by atoms with van der Waals surface area (Å²) in [4.78, 5) is 27.9. The quantitative estimate of drug-likeness (QED) is 0.831. The Morgan fingerprint density at radius 2 is 1.65 bits per heavy atom. The van der Waals surface area contributed by atoms with Crippen molar-refractivity contribution in [3.8, 4) is 0 Å². The lowest BCUT2D eigenvalue weighted by Crippen LogP contribution is -2.39. The average Bonchev–Trinajstić information content (AvgIpc) is 2.56. The first-order chi connectivity index (χ1) is 11.3. The molecule has 2 aromatic rings. The van der Waals surface area contributed by atoms with Gasteiger partial charge in [0, 0.05) is 12.2 Å². The Balaban J connectivity index is 1.64. The second kappa shape index (κ2) is 7.40. The molecule has 5 heteroatoms. The number of anilines is 2. The van der Waals surface area contributed by atoms with Crippen molar-refractivity contribution in [2.24, 2.45) is 0 Å². The van der Waals surface area contributed by atoms with Gasteiger partial charge in [-0.05, 0) is 25.0 Å². The molecule has 0 aliphatic heterocycles. The third-order valence-corrected chi connectivity index (χ3v) is 4.54. The van der Waals surface area contributed by atoms with E-state index in [4.69, 9.17) is 0 Å². The van der Waals surface area contributed by atoms with Gasteiger partial charge in [0.15, 0.2) is 0 Å². The molecule has 0 bridgehead atoms. The van der Waals surface area contributed by atoms with Gasteiger partial charge in [-0.15, -0.1) is 0 Å². The van der Waals surface area contributed by atoms with Gasteiger partial charge in [0.25, 0.3) is 10.9 Å². The van der Waals surface area contributed by atoms with Gasteiger partial charge in [-0.2, -0.15) is 0 Å². The molecule has 122 valence electrons. The maximum atomic E-state index is 11.9. The lowest BCUT2D eigenvalue weighted by atomic mass is 9.96. The van der Waals surface area contributed by atoms with Crippen molar-refractivity contribution in [3.63, 3.8) is 0 Å². The summed E-state index contributed by atoms with van der Waals surface area (Å²) in [5.41, 5.74) is 0.918. The number of nitrogens with one attached hydrogen (secondary N) is 2. The second-order valence-electron chi connectivity index (χ2n) is 6.27. The first kappa shape index (κ1) is 15.7. The van der Waals surface area contributed by atoms with Crippen molar-refractivity contribution >= 4 is 11.4 Å². The normalized spacial score (nSPS) is 16.7. The fraction of sp³-hybridized carbons (Fsp3) is 0.500. The Bertz CT molecular complexity index is 697. The molecule has 3 rings (SSSR count). The molecule has 0 radical (unpaired) electrons. The highest BCUT2D eigenvalue weighted by atomic mass is 16.2. The molecule has 2 N–H and O–H groups in total. The standard InChI is InChI=1S/C18H23N3O2/c22-17-15(20-12-14-10-6-7-11-19-14)16(18(17)23)21-13-8-4-2-1-3-5-9-13/h6-7,10-11,13,20-21H,1-5,8-9,12H2. The van der Waals surface area contributed by atoms with Crippen LogP contribution in [-0.4, -0.2) is 11.0 Å². The highest BCUT2D eigenvalue weighted by Crippen LogP contribution is 2.23. The summed E-state index contributed by atoms with van der Waals surface area (Å²) in [6.45, 7) is 0.449. The number of aromatic nitrogens is 1. The number of rotatable bonds is 5.